The van der Waals surface area contributed by atoms with E-state index in [4.69, 9.17) is 0 Å². The van der Waals surface area contributed by atoms with E-state index >= 15 is 0 Å². The van der Waals surface area contributed by atoms with Gasteiger partial charge < -0.3 is 9.64 Å². The third-order valence-electron chi connectivity index (χ3n) is 5.12. The van der Waals surface area contributed by atoms with E-state index in [2.05, 4.69) is 29.6 Å². The van der Waals surface area contributed by atoms with Crippen LogP contribution in [0, 0.1) is 0 Å². The molecule has 3 rings (SSSR count). The standard InChI is InChI=1S/C18H26N2O.C2H6O/c1-14-7-5-8-15(2)20(14)12-6-11-19-13-16-9-3-4-10-17(16)18(19)21;1-3-2/h3-4,9-10,14-15H,5-8,11-13H2,1-2H3;1-2H3. The number of likely N-dealkylation sites (tertiary alicyclic amines) is 1. The Balaban J connectivity index is 0.000000647. The van der Waals surface area contributed by atoms with Gasteiger partial charge in [-0.1, -0.05) is 24.6 Å². The van der Waals surface area contributed by atoms with Gasteiger partial charge in [-0.05, 0) is 44.7 Å². The Morgan fingerprint density at radius 3 is 2.33 bits per heavy atom. The minimum atomic E-state index is 0.213. The Kier molecular flexibility index (Phi) is 7.25. The molecule has 4 nitrogen and oxygen atoms in total. The molecule has 0 saturated carbocycles. The maximum absolute atomic E-state index is 12.3. The lowest BCUT2D eigenvalue weighted by Gasteiger charge is -2.39. The number of piperidine rings is 1. The summed E-state index contributed by atoms with van der Waals surface area (Å²) in [6.07, 6.45) is 5.07. The first-order valence-corrected chi connectivity index (χ1v) is 9.11. The third kappa shape index (κ3) is 4.58. The minimum Gasteiger partial charge on any atom is -0.388 e. The zero-order chi connectivity index (χ0) is 17.5. The van der Waals surface area contributed by atoms with Crippen LogP contribution < -0.4 is 0 Å². The molecule has 2 aliphatic rings. The highest BCUT2D eigenvalue weighted by molar-refractivity contribution is 5.98. The van der Waals surface area contributed by atoms with Crippen molar-refractivity contribution in [1.82, 2.24) is 9.80 Å². The molecule has 1 aromatic carbocycles. The van der Waals surface area contributed by atoms with Crippen LogP contribution in [0.15, 0.2) is 24.3 Å². The lowest BCUT2D eigenvalue weighted by atomic mass is 9.97. The van der Waals surface area contributed by atoms with Gasteiger partial charge in [0.2, 0.25) is 0 Å². The average molecular weight is 332 g/mol. The van der Waals surface area contributed by atoms with Gasteiger partial charge in [0.25, 0.3) is 5.91 Å². The second kappa shape index (κ2) is 9.19. The third-order valence-corrected chi connectivity index (χ3v) is 5.12. The van der Waals surface area contributed by atoms with Crippen molar-refractivity contribution < 1.29 is 9.53 Å². The van der Waals surface area contributed by atoms with E-state index in [0.29, 0.717) is 12.1 Å². The van der Waals surface area contributed by atoms with Crippen molar-refractivity contribution >= 4 is 5.91 Å². The molecule has 2 aliphatic heterocycles. The van der Waals surface area contributed by atoms with E-state index < -0.39 is 0 Å². The summed E-state index contributed by atoms with van der Waals surface area (Å²) in [5.74, 6) is 0.213. The number of hydrogen-bond acceptors (Lipinski definition) is 3. The molecule has 0 spiro atoms. The van der Waals surface area contributed by atoms with Gasteiger partial charge in [-0.2, -0.15) is 0 Å². The van der Waals surface area contributed by atoms with E-state index in [1.165, 1.54) is 24.8 Å². The summed E-state index contributed by atoms with van der Waals surface area (Å²) in [6.45, 7) is 7.46. The molecular weight excluding hydrogens is 300 g/mol. The summed E-state index contributed by atoms with van der Waals surface area (Å²) < 4.78 is 4.25. The largest absolute Gasteiger partial charge is 0.388 e. The van der Waals surface area contributed by atoms with Crippen LogP contribution in [0.4, 0.5) is 0 Å². The first-order chi connectivity index (χ1) is 11.6. The Labute approximate surface area is 146 Å². The summed E-state index contributed by atoms with van der Waals surface area (Å²) in [4.78, 5) is 16.9. The van der Waals surface area contributed by atoms with Gasteiger partial charge in [0.15, 0.2) is 0 Å². The number of amides is 1. The number of benzene rings is 1. The fraction of sp³-hybridized carbons (Fsp3) is 0.650. The highest BCUT2D eigenvalue weighted by atomic mass is 16.4. The number of rotatable bonds is 4. The number of hydrogen-bond donors (Lipinski definition) is 0. The fourth-order valence-electron chi connectivity index (χ4n) is 3.85. The van der Waals surface area contributed by atoms with Gasteiger partial charge in [-0.25, -0.2) is 0 Å². The van der Waals surface area contributed by atoms with Crippen molar-refractivity contribution in [2.24, 2.45) is 0 Å². The SMILES string of the molecule is CC1CCCC(C)N1CCCN1Cc2ccccc2C1=O.COC. The lowest BCUT2D eigenvalue weighted by Crippen LogP contribution is -2.44. The predicted molar refractivity (Wildman–Crippen MR) is 98.2 cm³/mol. The molecule has 1 saturated heterocycles. The average Bonchev–Trinajstić information content (AvgIpc) is 2.88. The molecule has 2 heterocycles. The first kappa shape index (κ1) is 18.9. The molecule has 0 radical (unpaired) electrons. The quantitative estimate of drug-likeness (QED) is 0.845. The van der Waals surface area contributed by atoms with Crippen LogP contribution in [0.3, 0.4) is 0 Å². The van der Waals surface area contributed by atoms with E-state index in [0.717, 1.165) is 31.6 Å². The van der Waals surface area contributed by atoms with Crippen molar-refractivity contribution in [3.63, 3.8) is 0 Å². The van der Waals surface area contributed by atoms with Crippen LogP contribution in [0.5, 0.6) is 0 Å². The summed E-state index contributed by atoms with van der Waals surface area (Å²) in [5, 5.41) is 0. The second-order valence-corrected chi connectivity index (χ2v) is 7.01. The molecule has 0 bridgehead atoms. The van der Waals surface area contributed by atoms with E-state index in [1.54, 1.807) is 14.2 Å². The van der Waals surface area contributed by atoms with E-state index in [9.17, 15) is 4.79 Å². The zero-order valence-electron chi connectivity index (χ0n) is 15.6. The minimum absolute atomic E-state index is 0.213. The van der Waals surface area contributed by atoms with E-state index in [1.807, 2.05) is 23.1 Å². The highest BCUT2D eigenvalue weighted by Gasteiger charge is 2.27. The van der Waals surface area contributed by atoms with Crippen molar-refractivity contribution in [2.75, 3.05) is 27.3 Å². The second-order valence-electron chi connectivity index (χ2n) is 7.01. The number of fused-ring (bicyclic) bond motifs is 1. The summed E-state index contributed by atoms with van der Waals surface area (Å²) in [5.41, 5.74) is 2.08. The van der Waals surface area contributed by atoms with Crippen LogP contribution in [0.1, 0.15) is 55.5 Å². The molecule has 0 N–H and O–H groups in total. The first-order valence-electron chi connectivity index (χ1n) is 9.11. The van der Waals surface area contributed by atoms with Gasteiger partial charge in [0.1, 0.15) is 0 Å². The summed E-state index contributed by atoms with van der Waals surface area (Å²) in [6, 6.07) is 9.39. The molecule has 134 valence electrons. The van der Waals surface area contributed by atoms with Crippen molar-refractivity contribution in [3.8, 4) is 0 Å². The Morgan fingerprint density at radius 1 is 1.08 bits per heavy atom. The number of nitrogens with zero attached hydrogens (tertiary/aromatic N) is 2. The Morgan fingerprint density at radius 2 is 1.71 bits per heavy atom. The van der Waals surface area contributed by atoms with Gasteiger partial charge in [0.05, 0.1) is 0 Å². The molecule has 0 aromatic heterocycles. The van der Waals surface area contributed by atoms with Gasteiger partial charge in [-0.3, -0.25) is 9.69 Å². The summed E-state index contributed by atoms with van der Waals surface area (Å²) in [7, 11) is 3.25. The number of carbonyl (C=O) groups excluding carboxylic acids is 1. The van der Waals surface area contributed by atoms with Crippen molar-refractivity contribution in [3.05, 3.63) is 35.4 Å². The zero-order valence-corrected chi connectivity index (χ0v) is 15.6. The van der Waals surface area contributed by atoms with Gasteiger partial charge in [0, 0.05) is 51.5 Å². The molecule has 2 unspecified atom stereocenters. The maximum atomic E-state index is 12.3. The van der Waals surface area contributed by atoms with Crippen LogP contribution in [0.25, 0.3) is 0 Å². The molecule has 1 amide bonds. The molecule has 4 heteroatoms. The summed E-state index contributed by atoms with van der Waals surface area (Å²) >= 11 is 0. The van der Waals surface area contributed by atoms with Crippen LogP contribution >= 0.6 is 0 Å². The number of ether oxygens (including phenoxy) is 1. The maximum Gasteiger partial charge on any atom is 0.254 e. The molecule has 2 atom stereocenters. The van der Waals surface area contributed by atoms with Crippen LogP contribution in [-0.4, -0.2) is 55.1 Å². The monoisotopic (exact) mass is 332 g/mol. The van der Waals surface area contributed by atoms with Gasteiger partial charge >= 0.3 is 0 Å². The van der Waals surface area contributed by atoms with Crippen LogP contribution in [0.2, 0.25) is 0 Å². The topological polar surface area (TPSA) is 32.8 Å². The predicted octanol–water partition coefficient (Wildman–Crippen LogP) is 3.56. The van der Waals surface area contributed by atoms with Crippen molar-refractivity contribution in [2.45, 2.75) is 58.2 Å². The highest BCUT2D eigenvalue weighted by Crippen LogP contribution is 2.24. The van der Waals surface area contributed by atoms with Crippen LogP contribution in [-0.2, 0) is 11.3 Å². The van der Waals surface area contributed by atoms with Crippen molar-refractivity contribution in [1.29, 1.82) is 0 Å². The number of carbonyl (C=O) groups is 1. The molecule has 24 heavy (non-hydrogen) atoms. The lowest BCUT2D eigenvalue weighted by molar-refractivity contribution is 0.0734. The fourth-order valence-corrected chi connectivity index (χ4v) is 3.85. The Hall–Kier alpha value is -1.39. The molecule has 1 fully saturated rings. The number of methoxy groups -OCH3 is 1. The molecule has 1 aromatic rings. The smallest absolute Gasteiger partial charge is 0.254 e. The molecule has 0 aliphatic carbocycles. The molecular formula is C20H32N2O2. The Bertz CT molecular complexity index is 522. The van der Waals surface area contributed by atoms with E-state index in [-0.39, 0.29) is 5.91 Å². The van der Waals surface area contributed by atoms with Gasteiger partial charge in [-0.15, -0.1) is 0 Å². The normalized spacial score (nSPS) is 23.7.